The summed E-state index contributed by atoms with van der Waals surface area (Å²) in [6.45, 7) is 5.90. The monoisotopic (exact) mass is 306 g/mol. The van der Waals surface area contributed by atoms with Crippen molar-refractivity contribution < 1.29 is 13.9 Å². The third-order valence-electron chi connectivity index (χ3n) is 4.63. The van der Waals surface area contributed by atoms with Crippen molar-refractivity contribution in [3.63, 3.8) is 0 Å². The van der Waals surface area contributed by atoms with E-state index in [1.54, 1.807) is 11.0 Å². The summed E-state index contributed by atoms with van der Waals surface area (Å²) in [5.41, 5.74) is 1.99. The van der Waals surface area contributed by atoms with Crippen LogP contribution in [0.4, 0.5) is 4.39 Å². The summed E-state index contributed by atoms with van der Waals surface area (Å²) >= 11 is 0. The van der Waals surface area contributed by atoms with Crippen LogP contribution in [0.5, 0.6) is 0 Å². The number of rotatable bonds is 2. The number of hydrogen-bond donors (Lipinski definition) is 1. The number of aryl methyl sites for hydroxylation is 1. The van der Waals surface area contributed by atoms with Gasteiger partial charge in [0.15, 0.2) is 0 Å². The molecule has 2 aliphatic rings. The minimum atomic E-state index is -0.384. The predicted molar refractivity (Wildman–Crippen MR) is 82.7 cm³/mol. The maximum absolute atomic E-state index is 14.6. The highest BCUT2D eigenvalue weighted by Gasteiger charge is 2.25. The summed E-state index contributed by atoms with van der Waals surface area (Å²) in [5, 5.41) is 3.32. The first-order valence-corrected chi connectivity index (χ1v) is 8.04. The van der Waals surface area contributed by atoms with Gasteiger partial charge in [0.1, 0.15) is 5.82 Å². The average molecular weight is 306 g/mol. The van der Waals surface area contributed by atoms with Crippen LogP contribution in [0.1, 0.15) is 40.2 Å². The van der Waals surface area contributed by atoms with Crippen LogP contribution in [0.25, 0.3) is 0 Å². The molecule has 1 aromatic rings. The molecule has 0 saturated carbocycles. The van der Waals surface area contributed by atoms with Crippen LogP contribution in [0.15, 0.2) is 12.1 Å². The van der Waals surface area contributed by atoms with Crippen LogP contribution < -0.4 is 5.32 Å². The highest BCUT2D eigenvalue weighted by Crippen LogP contribution is 2.29. The number of amides is 1. The van der Waals surface area contributed by atoms with Crippen LogP contribution in [-0.2, 0) is 4.74 Å². The molecule has 0 atom stereocenters. The maximum atomic E-state index is 14.6. The summed E-state index contributed by atoms with van der Waals surface area (Å²) in [4.78, 5) is 14.2. The molecule has 0 unspecified atom stereocenters. The Bertz CT molecular complexity index is 527. The van der Waals surface area contributed by atoms with Gasteiger partial charge in [0.25, 0.3) is 5.91 Å². The lowest BCUT2D eigenvalue weighted by Gasteiger charge is -2.28. The summed E-state index contributed by atoms with van der Waals surface area (Å²) in [7, 11) is 0. The first-order chi connectivity index (χ1) is 10.7. The molecule has 2 aliphatic heterocycles. The Balaban J connectivity index is 1.84. The Hall–Kier alpha value is -1.46. The molecule has 0 aliphatic carbocycles. The topological polar surface area (TPSA) is 41.6 Å². The lowest BCUT2D eigenvalue weighted by atomic mass is 9.88. The van der Waals surface area contributed by atoms with E-state index < -0.39 is 0 Å². The lowest BCUT2D eigenvalue weighted by Crippen LogP contribution is -2.41. The van der Waals surface area contributed by atoms with Crippen molar-refractivity contribution in [2.24, 2.45) is 0 Å². The maximum Gasteiger partial charge on any atom is 0.257 e. The molecule has 0 radical (unpaired) electrons. The molecule has 22 heavy (non-hydrogen) atoms. The zero-order valence-electron chi connectivity index (χ0n) is 13.0. The molecule has 1 aromatic carbocycles. The summed E-state index contributed by atoms with van der Waals surface area (Å²) in [5.74, 6) is -0.206. The van der Waals surface area contributed by atoms with Gasteiger partial charge in [0.2, 0.25) is 0 Å². The summed E-state index contributed by atoms with van der Waals surface area (Å²) in [6.07, 6.45) is 2.05. The predicted octanol–water partition coefficient (Wildman–Crippen LogP) is 2.07. The van der Waals surface area contributed by atoms with Gasteiger partial charge in [0.05, 0.1) is 18.8 Å². The number of carbonyl (C=O) groups is 1. The molecular weight excluding hydrogens is 283 g/mol. The molecule has 0 aromatic heterocycles. The van der Waals surface area contributed by atoms with Gasteiger partial charge in [-0.15, -0.1) is 0 Å². The second kappa shape index (κ2) is 6.75. The SMILES string of the molecule is Cc1cc(C2CCNCC2)cc(F)c1C(=O)N1CCOCC1. The second-order valence-electron chi connectivity index (χ2n) is 6.12. The fourth-order valence-corrected chi connectivity index (χ4v) is 3.36. The number of piperidine rings is 1. The Morgan fingerprint density at radius 3 is 2.59 bits per heavy atom. The van der Waals surface area contributed by atoms with Crippen molar-refractivity contribution in [3.05, 3.63) is 34.6 Å². The molecule has 0 bridgehead atoms. The van der Waals surface area contributed by atoms with Gasteiger partial charge >= 0.3 is 0 Å². The molecule has 2 fully saturated rings. The summed E-state index contributed by atoms with van der Waals surface area (Å²) < 4.78 is 19.8. The van der Waals surface area contributed by atoms with E-state index in [2.05, 4.69) is 5.32 Å². The van der Waals surface area contributed by atoms with E-state index in [0.29, 0.717) is 32.2 Å². The van der Waals surface area contributed by atoms with Gasteiger partial charge in [-0.2, -0.15) is 0 Å². The van der Waals surface area contributed by atoms with Crippen molar-refractivity contribution in [3.8, 4) is 0 Å². The fourth-order valence-electron chi connectivity index (χ4n) is 3.36. The minimum absolute atomic E-state index is 0.213. The van der Waals surface area contributed by atoms with E-state index in [1.165, 1.54) is 0 Å². The molecule has 0 spiro atoms. The van der Waals surface area contributed by atoms with Crippen LogP contribution in [0.3, 0.4) is 0 Å². The Morgan fingerprint density at radius 1 is 1.27 bits per heavy atom. The minimum Gasteiger partial charge on any atom is -0.378 e. The van der Waals surface area contributed by atoms with Gasteiger partial charge in [-0.25, -0.2) is 4.39 Å². The van der Waals surface area contributed by atoms with Gasteiger partial charge in [0, 0.05) is 13.1 Å². The number of halogens is 1. The first kappa shape index (κ1) is 15.4. The van der Waals surface area contributed by atoms with E-state index >= 15 is 0 Å². The molecule has 3 rings (SSSR count). The van der Waals surface area contributed by atoms with Gasteiger partial charge in [-0.3, -0.25) is 4.79 Å². The molecule has 1 N–H and O–H groups in total. The average Bonchev–Trinajstić information content (AvgIpc) is 2.55. The molecule has 5 heteroatoms. The quantitative estimate of drug-likeness (QED) is 0.909. The van der Waals surface area contributed by atoms with Crippen molar-refractivity contribution in [1.29, 1.82) is 0 Å². The van der Waals surface area contributed by atoms with Gasteiger partial charge in [-0.05, 0) is 56.0 Å². The van der Waals surface area contributed by atoms with Gasteiger partial charge in [-0.1, -0.05) is 6.07 Å². The molecule has 2 saturated heterocycles. The highest BCUT2D eigenvalue weighted by molar-refractivity contribution is 5.96. The molecular formula is C17H23FN2O2. The second-order valence-corrected chi connectivity index (χ2v) is 6.12. The highest BCUT2D eigenvalue weighted by atomic mass is 19.1. The fraction of sp³-hybridized carbons (Fsp3) is 0.588. The van der Waals surface area contributed by atoms with E-state index in [-0.39, 0.29) is 17.3 Å². The lowest BCUT2D eigenvalue weighted by molar-refractivity contribution is 0.0299. The first-order valence-electron chi connectivity index (χ1n) is 8.04. The van der Waals surface area contributed by atoms with Crippen LogP contribution in [0, 0.1) is 12.7 Å². The van der Waals surface area contributed by atoms with Crippen molar-refractivity contribution in [2.45, 2.75) is 25.7 Å². The molecule has 1 amide bonds. The number of nitrogens with zero attached hydrogens (tertiary/aromatic N) is 1. The van der Waals surface area contributed by atoms with Crippen LogP contribution in [-0.4, -0.2) is 50.2 Å². The summed E-state index contributed by atoms with van der Waals surface area (Å²) in [6, 6.07) is 3.56. The molecule has 4 nitrogen and oxygen atoms in total. The zero-order valence-corrected chi connectivity index (χ0v) is 13.0. The van der Waals surface area contributed by atoms with E-state index in [4.69, 9.17) is 4.74 Å². The third-order valence-corrected chi connectivity index (χ3v) is 4.63. The standard InChI is InChI=1S/C17H23FN2O2/c1-12-10-14(13-2-4-19-5-3-13)11-15(18)16(12)17(21)20-6-8-22-9-7-20/h10-11,13,19H,2-9H2,1H3. The largest absolute Gasteiger partial charge is 0.378 e. The number of hydrogen-bond acceptors (Lipinski definition) is 3. The zero-order chi connectivity index (χ0) is 15.5. The molecule has 2 heterocycles. The smallest absolute Gasteiger partial charge is 0.257 e. The van der Waals surface area contributed by atoms with Crippen molar-refractivity contribution in [1.82, 2.24) is 10.2 Å². The van der Waals surface area contributed by atoms with E-state index in [9.17, 15) is 9.18 Å². The third kappa shape index (κ3) is 3.15. The number of benzene rings is 1. The van der Waals surface area contributed by atoms with E-state index in [0.717, 1.165) is 37.1 Å². The Kier molecular flexibility index (Phi) is 4.74. The van der Waals surface area contributed by atoms with Crippen LogP contribution >= 0.6 is 0 Å². The Morgan fingerprint density at radius 2 is 1.95 bits per heavy atom. The number of carbonyl (C=O) groups excluding carboxylic acids is 1. The van der Waals surface area contributed by atoms with Gasteiger partial charge < -0.3 is 15.0 Å². The molecule has 120 valence electrons. The number of morpholine rings is 1. The van der Waals surface area contributed by atoms with Crippen molar-refractivity contribution >= 4 is 5.91 Å². The van der Waals surface area contributed by atoms with E-state index in [1.807, 2.05) is 13.0 Å². The Labute approximate surface area is 130 Å². The normalized spacial score (nSPS) is 20.2. The number of nitrogens with one attached hydrogen (secondary N) is 1. The number of ether oxygens (including phenoxy) is 1. The van der Waals surface area contributed by atoms with Crippen LogP contribution in [0.2, 0.25) is 0 Å². The van der Waals surface area contributed by atoms with Crippen molar-refractivity contribution in [2.75, 3.05) is 39.4 Å².